The fraction of sp³-hybridized carbons (Fsp3) is 0.267. The normalized spacial score (nSPS) is 10.6. The summed E-state index contributed by atoms with van der Waals surface area (Å²) in [5.74, 6) is 0.372. The summed E-state index contributed by atoms with van der Waals surface area (Å²) >= 11 is 1.39. The summed E-state index contributed by atoms with van der Waals surface area (Å²) < 4.78 is 0. The van der Waals surface area contributed by atoms with E-state index in [1.165, 1.54) is 11.8 Å². The molecule has 1 heterocycles. The molecule has 4 nitrogen and oxygen atoms in total. The first-order valence-corrected chi connectivity index (χ1v) is 7.45. The SMILES string of the molecule is CC(C)NC(=O)CSc1ccc(-c2ccccc2)nn1. The van der Waals surface area contributed by atoms with Gasteiger partial charge in [-0.3, -0.25) is 4.79 Å². The molecule has 0 aliphatic rings. The lowest BCUT2D eigenvalue weighted by atomic mass is 10.1. The molecule has 0 atom stereocenters. The molecule has 0 fully saturated rings. The largest absolute Gasteiger partial charge is 0.353 e. The standard InChI is InChI=1S/C15H17N3OS/c1-11(2)16-14(19)10-20-15-9-8-13(17-18-15)12-6-4-3-5-7-12/h3-9,11H,10H2,1-2H3,(H,16,19). The van der Waals surface area contributed by atoms with Crippen molar-refractivity contribution in [3.05, 3.63) is 42.5 Å². The van der Waals surface area contributed by atoms with Gasteiger partial charge in [0.15, 0.2) is 0 Å². The van der Waals surface area contributed by atoms with Crippen LogP contribution in [0.15, 0.2) is 47.5 Å². The van der Waals surface area contributed by atoms with Crippen molar-refractivity contribution in [1.29, 1.82) is 0 Å². The molecule has 0 radical (unpaired) electrons. The Morgan fingerprint density at radius 1 is 1.15 bits per heavy atom. The van der Waals surface area contributed by atoms with E-state index in [2.05, 4.69) is 15.5 Å². The molecular formula is C15H17N3OS. The van der Waals surface area contributed by atoms with E-state index in [0.717, 1.165) is 16.3 Å². The van der Waals surface area contributed by atoms with E-state index < -0.39 is 0 Å². The third-order valence-corrected chi connectivity index (χ3v) is 3.43. The Morgan fingerprint density at radius 3 is 2.50 bits per heavy atom. The number of hydrogen-bond acceptors (Lipinski definition) is 4. The molecule has 0 saturated carbocycles. The van der Waals surface area contributed by atoms with E-state index in [1.54, 1.807) is 0 Å². The van der Waals surface area contributed by atoms with Gasteiger partial charge in [0.1, 0.15) is 5.03 Å². The van der Waals surface area contributed by atoms with Crippen molar-refractivity contribution in [1.82, 2.24) is 15.5 Å². The van der Waals surface area contributed by atoms with Crippen LogP contribution in [0, 0.1) is 0 Å². The van der Waals surface area contributed by atoms with Crippen LogP contribution >= 0.6 is 11.8 Å². The van der Waals surface area contributed by atoms with Gasteiger partial charge in [0, 0.05) is 11.6 Å². The summed E-state index contributed by atoms with van der Waals surface area (Å²) in [7, 11) is 0. The minimum Gasteiger partial charge on any atom is -0.353 e. The molecule has 1 aromatic carbocycles. The van der Waals surface area contributed by atoms with Crippen LogP contribution in [0.2, 0.25) is 0 Å². The Bertz CT molecular complexity index is 555. The van der Waals surface area contributed by atoms with Gasteiger partial charge in [-0.2, -0.15) is 0 Å². The van der Waals surface area contributed by atoms with Crippen LogP contribution in [0.1, 0.15) is 13.8 Å². The third-order valence-electron chi connectivity index (χ3n) is 2.51. The van der Waals surface area contributed by atoms with Gasteiger partial charge in [-0.05, 0) is 26.0 Å². The zero-order valence-electron chi connectivity index (χ0n) is 11.5. The molecule has 0 bridgehead atoms. The van der Waals surface area contributed by atoms with E-state index in [9.17, 15) is 4.79 Å². The average Bonchev–Trinajstić information content (AvgIpc) is 2.46. The lowest BCUT2D eigenvalue weighted by Gasteiger charge is -2.07. The Balaban J connectivity index is 1.94. The fourth-order valence-corrected chi connectivity index (χ4v) is 2.29. The first-order chi connectivity index (χ1) is 9.65. The fourth-order valence-electron chi connectivity index (χ4n) is 1.66. The smallest absolute Gasteiger partial charge is 0.230 e. The molecular weight excluding hydrogens is 270 g/mol. The molecule has 0 spiro atoms. The van der Waals surface area contributed by atoms with E-state index in [-0.39, 0.29) is 11.9 Å². The maximum absolute atomic E-state index is 11.5. The lowest BCUT2D eigenvalue weighted by Crippen LogP contribution is -2.31. The van der Waals surface area contributed by atoms with Crippen LogP contribution in [0.3, 0.4) is 0 Å². The third kappa shape index (κ3) is 4.35. The van der Waals surface area contributed by atoms with Gasteiger partial charge in [-0.25, -0.2) is 0 Å². The van der Waals surface area contributed by atoms with Crippen LogP contribution in [0.25, 0.3) is 11.3 Å². The highest BCUT2D eigenvalue weighted by molar-refractivity contribution is 7.99. The number of thioether (sulfide) groups is 1. The molecule has 1 aromatic heterocycles. The molecule has 0 saturated heterocycles. The van der Waals surface area contributed by atoms with Crippen molar-refractivity contribution in [2.24, 2.45) is 0 Å². The predicted octanol–water partition coefficient (Wildman–Crippen LogP) is 2.76. The average molecular weight is 287 g/mol. The van der Waals surface area contributed by atoms with E-state index >= 15 is 0 Å². The predicted molar refractivity (Wildman–Crippen MR) is 81.5 cm³/mol. The molecule has 104 valence electrons. The molecule has 1 amide bonds. The van der Waals surface area contributed by atoms with Crippen LogP contribution in [0.4, 0.5) is 0 Å². The summed E-state index contributed by atoms with van der Waals surface area (Å²) in [6.45, 7) is 3.88. The molecule has 0 aliphatic heterocycles. The lowest BCUT2D eigenvalue weighted by molar-refractivity contribution is -0.119. The summed E-state index contributed by atoms with van der Waals surface area (Å²) in [5, 5.41) is 11.9. The monoisotopic (exact) mass is 287 g/mol. The van der Waals surface area contributed by atoms with Crippen LogP contribution in [0.5, 0.6) is 0 Å². The van der Waals surface area contributed by atoms with E-state index in [0.29, 0.717) is 5.75 Å². The minimum atomic E-state index is 0.0129. The zero-order chi connectivity index (χ0) is 14.4. The Labute approximate surface area is 123 Å². The van der Waals surface area contributed by atoms with Gasteiger partial charge in [0.05, 0.1) is 11.4 Å². The number of carbonyl (C=O) groups is 1. The number of nitrogens with one attached hydrogen (secondary N) is 1. The van der Waals surface area contributed by atoms with Gasteiger partial charge >= 0.3 is 0 Å². The maximum atomic E-state index is 11.5. The van der Waals surface area contributed by atoms with Crippen molar-refractivity contribution in [3.8, 4) is 11.3 Å². The van der Waals surface area contributed by atoms with E-state index in [1.807, 2.05) is 56.3 Å². The highest BCUT2D eigenvalue weighted by Gasteiger charge is 2.06. The number of amides is 1. The van der Waals surface area contributed by atoms with Gasteiger partial charge < -0.3 is 5.32 Å². The highest BCUT2D eigenvalue weighted by Crippen LogP contribution is 2.19. The van der Waals surface area contributed by atoms with Crippen LogP contribution < -0.4 is 5.32 Å². The first-order valence-electron chi connectivity index (χ1n) is 6.46. The second-order valence-corrected chi connectivity index (χ2v) is 5.63. The van der Waals surface area contributed by atoms with Crippen molar-refractivity contribution in [2.45, 2.75) is 24.9 Å². The topological polar surface area (TPSA) is 54.9 Å². The second kappa shape index (κ2) is 7.05. The minimum absolute atomic E-state index is 0.0129. The number of benzene rings is 1. The molecule has 20 heavy (non-hydrogen) atoms. The number of hydrogen-bond donors (Lipinski definition) is 1. The molecule has 2 aromatic rings. The van der Waals surface area contributed by atoms with Crippen molar-refractivity contribution >= 4 is 17.7 Å². The van der Waals surface area contributed by atoms with E-state index in [4.69, 9.17) is 0 Å². The Hall–Kier alpha value is -1.88. The number of nitrogens with zero attached hydrogens (tertiary/aromatic N) is 2. The highest BCUT2D eigenvalue weighted by atomic mass is 32.2. The summed E-state index contributed by atoms with van der Waals surface area (Å²) in [6, 6.07) is 13.9. The molecule has 1 N–H and O–H groups in total. The molecule has 5 heteroatoms. The quantitative estimate of drug-likeness (QED) is 0.859. The summed E-state index contributed by atoms with van der Waals surface area (Å²) in [4.78, 5) is 11.5. The second-order valence-electron chi connectivity index (χ2n) is 4.63. The van der Waals surface area contributed by atoms with Gasteiger partial charge in [-0.15, -0.1) is 10.2 Å². The van der Waals surface area contributed by atoms with Crippen molar-refractivity contribution < 1.29 is 4.79 Å². The molecule has 0 unspecified atom stereocenters. The van der Waals surface area contributed by atoms with Gasteiger partial charge in [0.25, 0.3) is 0 Å². The Kier molecular flexibility index (Phi) is 5.12. The molecule has 2 rings (SSSR count). The van der Waals surface area contributed by atoms with Gasteiger partial charge in [-0.1, -0.05) is 42.1 Å². The van der Waals surface area contributed by atoms with Gasteiger partial charge in [0.2, 0.25) is 5.91 Å². The number of rotatable bonds is 5. The maximum Gasteiger partial charge on any atom is 0.230 e. The van der Waals surface area contributed by atoms with Crippen molar-refractivity contribution in [2.75, 3.05) is 5.75 Å². The molecule has 0 aliphatic carbocycles. The zero-order valence-corrected chi connectivity index (χ0v) is 12.4. The van der Waals surface area contributed by atoms with Crippen LogP contribution in [-0.2, 0) is 4.79 Å². The Morgan fingerprint density at radius 2 is 1.90 bits per heavy atom. The first kappa shape index (κ1) is 14.5. The number of aromatic nitrogens is 2. The summed E-state index contributed by atoms with van der Waals surface area (Å²) in [5.41, 5.74) is 1.87. The summed E-state index contributed by atoms with van der Waals surface area (Å²) in [6.07, 6.45) is 0. The number of carbonyl (C=O) groups excluding carboxylic acids is 1. The van der Waals surface area contributed by atoms with Crippen LogP contribution in [-0.4, -0.2) is 27.9 Å². The van der Waals surface area contributed by atoms with Crippen molar-refractivity contribution in [3.63, 3.8) is 0 Å².